The van der Waals surface area contributed by atoms with E-state index in [4.69, 9.17) is 5.73 Å². The second-order valence-electron chi connectivity index (χ2n) is 2.73. The van der Waals surface area contributed by atoms with Crippen molar-refractivity contribution in [1.82, 2.24) is 10.2 Å². The molecule has 0 aromatic heterocycles. The van der Waals surface area contributed by atoms with Gasteiger partial charge in [-0.25, -0.2) is 0 Å². The highest BCUT2D eigenvalue weighted by molar-refractivity contribution is 5.76. The van der Waals surface area contributed by atoms with Gasteiger partial charge in [0.05, 0.1) is 0 Å². The molecule has 1 unspecified atom stereocenters. The van der Waals surface area contributed by atoms with Gasteiger partial charge in [0.2, 0.25) is 5.91 Å². The van der Waals surface area contributed by atoms with Gasteiger partial charge in [0.25, 0.3) is 0 Å². The summed E-state index contributed by atoms with van der Waals surface area (Å²) in [5, 5.41) is 2.56. The maximum Gasteiger partial charge on any atom is 0.221 e. The van der Waals surface area contributed by atoms with Crippen LogP contribution in [0.15, 0.2) is 0 Å². The monoisotopic (exact) mass is 159 g/mol. The number of amides is 1. The molecule has 0 rings (SSSR count). The largest absolute Gasteiger partial charge is 0.359 e. The number of rotatable bonds is 4. The summed E-state index contributed by atoms with van der Waals surface area (Å²) in [7, 11) is 5.46. The Balaban J connectivity index is 3.78. The number of carbonyl (C=O) groups excluding carboxylic acids is 1. The molecule has 0 fully saturated rings. The first-order valence-electron chi connectivity index (χ1n) is 3.69. The van der Waals surface area contributed by atoms with Gasteiger partial charge in [-0.3, -0.25) is 4.79 Å². The third-order valence-electron chi connectivity index (χ3n) is 1.70. The van der Waals surface area contributed by atoms with E-state index in [2.05, 4.69) is 5.32 Å². The van der Waals surface area contributed by atoms with Gasteiger partial charge in [0.15, 0.2) is 0 Å². The Bertz CT molecular complexity index is 125. The number of likely N-dealkylation sites (N-methyl/N-ethyl adjacent to an activating group) is 1. The lowest BCUT2D eigenvalue weighted by molar-refractivity contribution is -0.121. The molecule has 4 heteroatoms. The second-order valence-corrected chi connectivity index (χ2v) is 2.73. The molecule has 4 nitrogen and oxygen atoms in total. The Morgan fingerprint density at radius 3 is 2.45 bits per heavy atom. The fraction of sp³-hybridized carbons (Fsp3) is 0.857. The molecule has 0 radical (unpaired) electrons. The van der Waals surface area contributed by atoms with Crippen molar-refractivity contribution in [3.8, 4) is 0 Å². The number of carbonyl (C=O) groups is 1. The van der Waals surface area contributed by atoms with Crippen molar-refractivity contribution in [3.63, 3.8) is 0 Å². The topological polar surface area (TPSA) is 58.4 Å². The van der Waals surface area contributed by atoms with E-state index in [-0.39, 0.29) is 11.9 Å². The van der Waals surface area contributed by atoms with Crippen molar-refractivity contribution in [2.45, 2.75) is 12.5 Å². The van der Waals surface area contributed by atoms with Crippen molar-refractivity contribution in [2.75, 3.05) is 27.7 Å². The molecule has 1 amide bonds. The summed E-state index contributed by atoms with van der Waals surface area (Å²) in [5.41, 5.74) is 5.46. The molecule has 0 saturated heterocycles. The normalized spacial score (nSPS) is 13.2. The molecule has 0 spiro atoms. The summed E-state index contributed by atoms with van der Waals surface area (Å²) in [6.07, 6.45) is 0.472. The van der Waals surface area contributed by atoms with Crippen LogP contribution in [-0.4, -0.2) is 44.5 Å². The van der Waals surface area contributed by atoms with E-state index in [0.717, 1.165) is 0 Å². The molecule has 11 heavy (non-hydrogen) atoms. The van der Waals surface area contributed by atoms with Gasteiger partial charge in [0, 0.05) is 26.1 Å². The summed E-state index contributed by atoms with van der Waals surface area (Å²) < 4.78 is 0. The maximum absolute atomic E-state index is 10.9. The van der Waals surface area contributed by atoms with E-state index in [1.54, 1.807) is 7.05 Å². The van der Waals surface area contributed by atoms with Crippen LogP contribution >= 0.6 is 0 Å². The Labute approximate surface area is 67.7 Å². The zero-order valence-electron chi connectivity index (χ0n) is 7.42. The highest BCUT2D eigenvalue weighted by Crippen LogP contribution is 1.96. The zero-order chi connectivity index (χ0) is 8.85. The number of hydrogen-bond donors (Lipinski definition) is 2. The average Bonchev–Trinajstić information content (AvgIpc) is 1.99. The first-order valence-corrected chi connectivity index (χ1v) is 3.69. The maximum atomic E-state index is 10.9. The van der Waals surface area contributed by atoms with Gasteiger partial charge in [-0.2, -0.15) is 0 Å². The van der Waals surface area contributed by atoms with Crippen LogP contribution in [0.3, 0.4) is 0 Å². The molecule has 66 valence electrons. The van der Waals surface area contributed by atoms with Crippen LogP contribution in [0.5, 0.6) is 0 Å². The van der Waals surface area contributed by atoms with Crippen molar-refractivity contribution in [1.29, 1.82) is 0 Å². The lowest BCUT2D eigenvalue weighted by atomic mass is 10.2. The van der Waals surface area contributed by atoms with Crippen molar-refractivity contribution < 1.29 is 4.79 Å². The standard InChI is InChI=1S/C7H17N3O/c1-9-7(11)4-6(5-8)10(2)3/h6H,4-5,8H2,1-3H3,(H,9,11). The van der Waals surface area contributed by atoms with Crippen LogP contribution in [0.2, 0.25) is 0 Å². The third-order valence-corrected chi connectivity index (χ3v) is 1.70. The van der Waals surface area contributed by atoms with Crippen LogP contribution in [-0.2, 0) is 4.79 Å². The Morgan fingerprint density at radius 1 is 1.64 bits per heavy atom. The molecular formula is C7H17N3O. The molecule has 0 aliphatic rings. The highest BCUT2D eigenvalue weighted by Gasteiger charge is 2.12. The molecule has 0 aromatic rings. The zero-order valence-corrected chi connectivity index (χ0v) is 7.42. The molecule has 0 bridgehead atoms. The van der Waals surface area contributed by atoms with Crippen molar-refractivity contribution in [3.05, 3.63) is 0 Å². The van der Waals surface area contributed by atoms with Crippen LogP contribution in [0.4, 0.5) is 0 Å². The van der Waals surface area contributed by atoms with E-state index in [1.807, 2.05) is 19.0 Å². The minimum Gasteiger partial charge on any atom is -0.359 e. The summed E-state index contributed by atoms with van der Waals surface area (Å²) in [6.45, 7) is 0.514. The lowest BCUT2D eigenvalue weighted by Gasteiger charge is -2.21. The lowest BCUT2D eigenvalue weighted by Crippen LogP contribution is -2.39. The van der Waals surface area contributed by atoms with Crippen molar-refractivity contribution >= 4 is 5.91 Å². The Hall–Kier alpha value is -0.610. The quantitative estimate of drug-likeness (QED) is 0.554. The van der Waals surface area contributed by atoms with E-state index in [1.165, 1.54) is 0 Å². The second kappa shape index (κ2) is 5.09. The number of nitrogens with one attached hydrogen (secondary N) is 1. The molecule has 0 saturated carbocycles. The molecule has 1 atom stereocenters. The summed E-state index contributed by atoms with van der Waals surface area (Å²) in [4.78, 5) is 12.8. The fourth-order valence-corrected chi connectivity index (χ4v) is 0.793. The first-order chi connectivity index (χ1) is 5.11. The van der Waals surface area contributed by atoms with Gasteiger partial charge in [-0.1, -0.05) is 0 Å². The van der Waals surface area contributed by atoms with Gasteiger partial charge in [-0.05, 0) is 14.1 Å². The van der Waals surface area contributed by atoms with E-state index in [9.17, 15) is 4.79 Å². The Kier molecular flexibility index (Phi) is 4.81. The van der Waals surface area contributed by atoms with Crippen LogP contribution in [0, 0.1) is 0 Å². The summed E-state index contributed by atoms with van der Waals surface area (Å²) >= 11 is 0. The Morgan fingerprint density at radius 2 is 2.18 bits per heavy atom. The highest BCUT2D eigenvalue weighted by atomic mass is 16.1. The van der Waals surface area contributed by atoms with Gasteiger partial charge >= 0.3 is 0 Å². The molecular weight excluding hydrogens is 142 g/mol. The number of hydrogen-bond acceptors (Lipinski definition) is 3. The van der Waals surface area contributed by atoms with Crippen molar-refractivity contribution in [2.24, 2.45) is 5.73 Å². The van der Waals surface area contributed by atoms with Crippen LogP contribution in [0.25, 0.3) is 0 Å². The summed E-state index contributed by atoms with van der Waals surface area (Å²) in [6, 6.07) is 0.148. The molecule has 0 aliphatic carbocycles. The minimum atomic E-state index is 0.0363. The minimum absolute atomic E-state index is 0.0363. The number of nitrogens with two attached hydrogens (primary N) is 1. The van der Waals surface area contributed by atoms with Gasteiger partial charge in [0.1, 0.15) is 0 Å². The van der Waals surface area contributed by atoms with Gasteiger partial charge in [-0.15, -0.1) is 0 Å². The van der Waals surface area contributed by atoms with Crippen LogP contribution in [0.1, 0.15) is 6.42 Å². The molecule has 0 aromatic carbocycles. The first kappa shape index (κ1) is 10.4. The predicted octanol–water partition coefficient (Wildman–Crippen LogP) is -0.989. The molecule has 0 aliphatic heterocycles. The number of nitrogens with zero attached hydrogens (tertiary/aromatic N) is 1. The fourth-order valence-electron chi connectivity index (χ4n) is 0.793. The predicted molar refractivity (Wildman–Crippen MR) is 45.2 cm³/mol. The molecule has 3 N–H and O–H groups in total. The van der Waals surface area contributed by atoms with E-state index >= 15 is 0 Å². The van der Waals surface area contributed by atoms with Gasteiger partial charge < -0.3 is 16.0 Å². The van der Waals surface area contributed by atoms with E-state index < -0.39 is 0 Å². The average molecular weight is 159 g/mol. The van der Waals surface area contributed by atoms with Crippen LogP contribution < -0.4 is 11.1 Å². The SMILES string of the molecule is CNC(=O)CC(CN)N(C)C. The third kappa shape index (κ3) is 3.95. The summed E-state index contributed by atoms with van der Waals surface area (Å²) in [5.74, 6) is 0.0363. The van der Waals surface area contributed by atoms with E-state index in [0.29, 0.717) is 13.0 Å². The molecule has 0 heterocycles. The smallest absolute Gasteiger partial charge is 0.221 e.